The highest BCUT2D eigenvalue weighted by Crippen LogP contribution is 2.33. The topological polar surface area (TPSA) is 94.1 Å². The Kier molecular flexibility index (Phi) is 11.4. The van der Waals surface area contributed by atoms with Crippen molar-refractivity contribution in [3.8, 4) is 22.6 Å². The average Bonchev–Trinajstić information content (AvgIpc) is 3.44. The molecule has 0 saturated carbocycles. The van der Waals surface area contributed by atoms with Crippen LogP contribution in [0.25, 0.3) is 11.1 Å². The molecule has 3 aromatic carbocycles. The molecular formula is C32H37NO6S2. The highest BCUT2D eigenvalue weighted by molar-refractivity contribution is 7.99. The van der Waals surface area contributed by atoms with Crippen LogP contribution in [0, 0.1) is 6.92 Å². The molecule has 1 aliphatic rings. The summed E-state index contributed by atoms with van der Waals surface area (Å²) in [7, 11) is 0. The van der Waals surface area contributed by atoms with E-state index in [1.165, 1.54) is 0 Å². The van der Waals surface area contributed by atoms with Crippen molar-refractivity contribution in [1.29, 1.82) is 0 Å². The van der Waals surface area contributed by atoms with E-state index >= 15 is 0 Å². The first-order chi connectivity index (χ1) is 19.9. The number of ether oxygens (including phenoxy) is 3. The van der Waals surface area contributed by atoms with E-state index < -0.39 is 17.9 Å². The van der Waals surface area contributed by atoms with E-state index in [-0.39, 0.29) is 12.9 Å². The monoisotopic (exact) mass is 595 g/mol. The lowest BCUT2D eigenvalue weighted by molar-refractivity contribution is -0.139. The van der Waals surface area contributed by atoms with E-state index in [4.69, 9.17) is 14.2 Å². The lowest BCUT2D eigenvalue weighted by atomic mass is 9.93. The molecule has 0 bridgehead atoms. The molecule has 0 unspecified atom stereocenters. The maximum absolute atomic E-state index is 13.4. The predicted molar refractivity (Wildman–Crippen MR) is 166 cm³/mol. The fourth-order valence-corrected chi connectivity index (χ4v) is 5.85. The highest BCUT2D eigenvalue weighted by Gasteiger charge is 2.23. The molecule has 7 nitrogen and oxygen atoms in total. The molecule has 4 rings (SSSR count). The number of carboxylic acid groups (broad SMARTS) is 1. The van der Waals surface area contributed by atoms with Gasteiger partial charge in [0.2, 0.25) is 6.79 Å². The van der Waals surface area contributed by atoms with Gasteiger partial charge in [-0.3, -0.25) is 4.79 Å². The number of hydrogen-bond donors (Lipinski definition) is 2. The fraction of sp³-hybridized carbons (Fsp3) is 0.375. The molecular weight excluding hydrogens is 558 g/mol. The molecule has 0 radical (unpaired) electrons. The molecule has 1 heterocycles. The lowest BCUT2D eigenvalue weighted by Crippen LogP contribution is -2.41. The third kappa shape index (κ3) is 8.44. The molecule has 2 N–H and O–H groups in total. The van der Waals surface area contributed by atoms with Crippen molar-refractivity contribution in [3.63, 3.8) is 0 Å². The summed E-state index contributed by atoms with van der Waals surface area (Å²) in [5.74, 6) is 2.58. The molecule has 0 saturated heterocycles. The van der Waals surface area contributed by atoms with Gasteiger partial charge in [0.15, 0.2) is 11.5 Å². The third-order valence-corrected chi connectivity index (χ3v) is 8.53. The number of rotatable bonds is 15. The van der Waals surface area contributed by atoms with Crippen molar-refractivity contribution < 1.29 is 28.9 Å². The third-order valence-electron chi connectivity index (χ3n) is 6.87. The van der Waals surface area contributed by atoms with E-state index in [0.717, 1.165) is 57.2 Å². The van der Waals surface area contributed by atoms with E-state index in [0.29, 0.717) is 24.3 Å². The minimum absolute atomic E-state index is 0.0158. The van der Waals surface area contributed by atoms with Crippen LogP contribution in [0.4, 0.5) is 0 Å². The van der Waals surface area contributed by atoms with Gasteiger partial charge in [0.05, 0.1) is 12.7 Å². The molecule has 1 amide bonds. The number of fused-ring (bicyclic) bond motifs is 1. The Hall–Kier alpha value is -3.14. The van der Waals surface area contributed by atoms with Crippen LogP contribution in [-0.4, -0.2) is 59.4 Å². The van der Waals surface area contributed by atoms with E-state index in [2.05, 4.69) is 12.2 Å². The SMILES string of the molecule is CCSC[C@H](Cc1ccc2c(c1)OCO2)OCc1ccc(C(=O)N[C@@H](CCSC)C(=O)O)c(-c2ccccc2C)c1. The Balaban J connectivity index is 1.55. The van der Waals surface area contributed by atoms with Gasteiger partial charge in [-0.1, -0.05) is 43.3 Å². The van der Waals surface area contributed by atoms with Crippen molar-refractivity contribution >= 4 is 35.4 Å². The predicted octanol–water partition coefficient (Wildman–Crippen LogP) is 6.21. The van der Waals surface area contributed by atoms with Crippen LogP contribution >= 0.6 is 23.5 Å². The summed E-state index contributed by atoms with van der Waals surface area (Å²) in [5, 5.41) is 12.4. The summed E-state index contributed by atoms with van der Waals surface area (Å²) in [4.78, 5) is 25.2. The number of hydrogen-bond acceptors (Lipinski definition) is 7. The van der Waals surface area contributed by atoms with Gasteiger partial charge in [0.1, 0.15) is 6.04 Å². The van der Waals surface area contributed by atoms with Crippen LogP contribution in [0.15, 0.2) is 60.7 Å². The molecule has 41 heavy (non-hydrogen) atoms. The molecule has 0 spiro atoms. The number of carbonyl (C=O) groups excluding carboxylic acids is 1. The van der Waals surface area contributed by atoms with Crippen molar-refractivity contribution in [2.24, 2.45) is 0 Å². The summed E-state index contributed by atoms with van der Waals surface area (Å²) in [6.45, 7) is 4.76. The van der Waals surface area contributed by atoms with Crippen LogP contribution in [0.1, 0.15) is 40.4 Å². The molecule has 0 aromatic heterocycles. The normalized spacial score (nSPS) is 13.5. The first-order valence-electron chi connectivity index (χ1n) is 13.7. The number of thioether (sulfide) groups is 2. The number of nitrogens with one attached hydrogen (secondary N) is 1. The van der Waals surface area contributed by atoms with E-state index in [1.54, 1.807) is 17.8 Å². The molecule has 9 heteroatoms. The Morgan fingerprint density at radius 1 is 1.02 bits per heavy atom. The molecule has 0 fully saturated rings. The van der Waals surface area contributed by atoms with Gasteiger partial charge in [0, 0.05) is 11.3 Å². The molecule has 3 aromatic rings. The summed E-state index contributed by atoms with van der Waals surface area (Å²) in [5.41, 5.74) is 5.21. The second-order valence-electron chi connectivity index (χ2n) is 9.82. The Bertz CT molecular complexity index is 1350. The zero-order valence-corrected chi connectivity index (χ0v) is 25.3. The largest absolute Gasteiger partial charge is 0.480 e. The first kappa shape index (κ1) is 30.8. The summed E-state index contributed by atoms with van der Waals surface area (Å²) >= 11 is 3.38. The number of aliphatic carboxylic acids is 1. The van der Waals surface area contributed by atoms with Crippen LogP contribution in [0.2, 0.25) is 0 Å². The van der Waals surface area contributed by atoms with E-state index in [9.17, 15) is 14.7 Å². The van der Waals surface area contributed by atoms with Gasteiger partial charge in [0.25, 0.3) is 5.91 Å². The Labute approximate surface area is 250 Å². The number of benzene rings is 3. The van der Waals surface area contributed by atoms with Gasteiger partial charge in [-0.2, -0.15) is 23.5 Å². The quantitative estimate of drug-likeness (QED) is 0.214. The van der Waals surface area contributed by atoms with Crippen LogP contribution in [-0.2, 0) is 22.6 Å². The van der Waals surface area contributed by atoms with Gasteiger partial charge in [-0.05, 0) is 89.6 Å². The zero-order chi connectivity index (χ0) is 29.2. The zero-order valence-electron chi connectivity index (χ0n) is 23.7. The maximum atomic E-state index is 13.4. The maximum Gasteiger partial charge on any atom is 0.326 e. The van der Waals surface area contributed by atoms with Crippen molar-refractivity contribution in [2.75, 3.05) is 30.3 Å². The number of amides is 1. The highest BCUT2D eigenvalue weighted by atomic mass is 32.2. The first-order valence-corrected chi connectivity index (χ1v) is 16.2. The van der Waals surface area contributed by atoms with Crippen LogP contribution in [0.5, 0.6) is 11.5 Å². The summed E-state index contributed by atoms with van der Waals surface area (Å²) in [6, 6.07) is 18.6. The van der Waals surface area contributed by atoms with Gasteiger partial charge in [-0.15, -0.1) is 0 Å². The van der Waals surface area contributed by atoms with Gasteiger partial charge in [-0.25, -0.2) is 4.79 Å². The molecule has 2 atom stereocenters. The molecule has 0 aliphatic carbocycles. The smallest absolute Gasteiger partial charge is 0.326 e. The Morgan fingerprint density at radius 2 is 1.80 bits per heavy atom. The molecule has 1 aliphatic heterocycles. The van der Waals surface area contributed by atoms with Crippen LogP contribution in [0.3, 0.4) is 0 Å². The summed E-state index contributed by atoms with van der Waals surface area (Å²) in [6.07, 6.45) is 2.99. The second-order valence-corrected chi connectivity index (χ2v) is 12.1. The Morgan fingerprint density at radius 3 is 2.56 bits per heavy atom. The number of carbonyl (C=O) groups is 2. The number of aryl methyl sites for hydroxylation is 1. The second kappa shape index (κ2) is 15.2. The fourth-order valence-electron chi connectivity index (χ4n) is 4.67. The average molecular weight is 596 g/mol. The van der Waals surface area contributed by atoms with E-state index in [1.807, 2.05) is 79.5 Å². The standard InChI is InChI=1S/C32H37NO6S2/c1-4-41-19-24(15-22-10-12-29-30(17-22)39-20-38-29)37-18-23-9-11-26(27(16-23)25-8-6-5-7-21(25)2)31(34)33-28(32(35)36)13-14-40-3/h5-12,16-17,24,28H,4,13-15,18-20H2,1-3H3,(H,33,34)(H,35,36)/t24-,28-/m0/s1. The summed E-state index contributed by atoms with van der Waals surface area (Å²) < 4.78 is 17.4. The molecule has 218 valence electrons. The minimum Gasteiger partial charge on any atom is -0.480 e. The van der Waals surface area contributed by atoms with Crippen molar-refractivity contribution in [2.45, 2.75) is 45.4 Å². The van der Waals surface area contributed by atoms with Gasteiger partial charge >= 0.3 is 5.97 Å². The van der Waals surface area contributed by atoms with Crippen LogP contribution < -0.4 is 14.8 Å². The van der Waals surface area contributed by atoms with Gasteiger partial charge < -0.3 is 24.6 Å². The minimum atomic E-state index is -1.03. The van der Waals surface area contributed by atoms with Crippen molar-refractivity contribution in [1.82, 2.24) is 5.32 Å². The number of carboxylic acids is 1. The lowest BCUT2D eigenvalue weighted by Gasteiger charge is -2.20. The van der Waals surface area contributed by atoms with Crippen molar-refractivity contribution in [3.05, 3.63) is 82.9 Å².